The number of furan rings is 1. The summed E-state index contributed by atoms with van der Waals surface area (Å²) < 4.78 is 29.1. The van der Waals surface area contributed by atoms with Crippen LogP contribution in [0.4, 0.5) is 5.69 Å². The van der Waals surface area contributed by atoms with Gasteiger partial charge in [-0.05, 0) is 43.7 Å². The molecule has 0 spiro atoms. The van der Waals surface area contributed by atoms with Gasteiger partial charge in [-0.2, -0.15) is 0 Å². The van der Waals surface area contributed by atoms with Crippen molar-refractivity contribution in [1.82, 2.24) is 4.98 Å². The number of aliphatic hydroxyl groups is 1. The van der Waals surface area contributed by atoms with E-state index in [1.54, 1.807) is 48.5 Å². The summed E-state index contributed by atoms with van der Waals surface area (Å²) in [5.41, 5.74) is 0.667. The molecule has 0 saturated carbocycles. The van der Waals surface area contributed by atoms with E-state index in [4.69, 9.17) is 27.6 Å². The van der Waals surface area contributed by atoms with Crippen molar-refractivity contribution in [3.05, 3.63) is 70.4 Å². The largest absolute Gasteiger partial charge is 0.432 e. The van der Waals surface area contributed by atoms with Crippen LogP contribution in [0.1, 0.15) is 24.4 Å². The van der Waals surface area contributed by atoms with Gasteiger partial charge in [-0.1, -0.05) is 53.5 Å². The number of fused-ring (bicyclic) bond motifs is 1. The lowest BCUT2D eigenvalue weighted by Crippen LogP contribution is -2.31. The molecule has 0 aliphatic rings. The molecule has 0 bridgehead atoms. The van der Waals surface area contributed by atoms with Crippen LogP contribution in [-0.4, -0.2) is 30.2 Å². The molecule has 0 radical (unpaired) electrons. The van der Waals surface area contributed by atoms with Crippen LogP contribution in [0.3, 0.4) is 0 Å². The molecule has 2 heterocycles. The van der Waals surface area contributed by atoms with E-state index in [0.717, 1.165) is 5.56 Å². The molecule has 2 aromatic heterocycles. The molecule has 7 nitrogen and oxygen atoms in total. The summed E-state index contributed by atoms with van der Waals surface area (Å²) in [6.45, 7) is 2.59. The third kappa shape index (κ3) is 4.66. The van der Waals surface area contributed by atoms with E-state index in [0.29, 0.717) is 26.9 Å². The smallest absolute Gasteiger partial charge is 0.259 e. The van der Waals surface area contributed by atoms with Gasteiger partial charge in [0, 0.05) is 21.2 Å². The summed E-state index contributed by atoms with van der Waals surface area (Å²) in [5.74, 6) is -1.09. The fourth-order valence-corrected chi connectivity index (χ4v) is 4.09. The maximum Gasteiger partial charge on any atom is 0.259 e. The van der Waals surface area contributed by atoms with Crippen molar-refractivity contribution in [3.8, 4) is 22.4 Å². The highest BCUT2D eigenvalue weighted by Gasteiger charge is 2.33. The molecule has 0 saturated heterocycles. The quantitative estimate of drug-likeness (QED) is 0.220. The number of Topliss-reactive ketones (excluding diaryl/α,β-unsaturated/α-hetero) is 1. The number of ketones is 1. The Morgan fingerprint density at radius 1 is 1.09 bits per heavy atom. The minimum Gasteiger partial charge on any atom is -0.432 e. The van der Waals surface area contributed by atoms with Crippen LogP contribution < -0.4 is 4.72 Å². The lowest BCUT2D eigenvalue weighted by Gasteiger charge is -2.14. The zero-order valence-corrected chi connectivity index (χ0v) is 19.8. The molecule has 2 aromatic carbocycles. The Balaban J connectivity index is 2.08. The number of nitrogens with zero attached hydrogens (tertiary/aromatic N) is 1. The fourth-order valence-electron chi connectivity index (χ4n) is 3.36. The third-order valence-electron chi connectivity index (χ3n) is 4.92. The number of benzene rings is 2. The highest BCUT2D eigenvalue weighted by molar-refractivity contribution is 7.80. The zero-order chi connectivity index (χ0) is 23.9. The van der Waals surface area contributed by atoms with Crippen LogP contribution in [0.5, 0.6) is 0 Å². The van der Waals surface area contributed by atoms with Gasteiger partial charge in [-0.25, -0.2) is 9.19 Å². The predicted molar refractivity (Wildman–Crippen MR) is 130 cm³/mol. The van der Waals surface area contributed by atoms with E-state index in [2.05, 4.69) is 9.71 Å². The lowest BCUT2D eigenvalue weighted by molar-refractivity contribution is 0.0462. The van der Waals surface area contributed by atoms with Gasteiger partial charge in [0.05, 0.1) is 11.1 Å². The Morgan fingerprint density at radius 2 is 1.76 bits per heavy atom. The Bertz CT molecular complexity index is 1390. The van der Waals surface area contributed by atoms with E-state index in [1.165, 1.54) is 13.8 Å². The van der Waals surface area contributed by atoms with Gasteiger partial charge in [0.15, 0.2) is 5.76 Å². The number of anilines is 1. The van der Waals surface area contributed by atoms with Crippen LogP contribution in [0.2, 0.25) is 10.0 Å². The summed E-state index contributed by atoms with van der Waals surface area (Å²) in [7, 11) is 0. The van der Waals surface area contributed by atoms with E-state index < -0.39 is 22.7 Å². The first kappa shape index (κ1) is 23.4. The predicted octanol–water partition coefficient (Wildman–Crippen LogP) is 5.97. The number of hydrogen-bond acceptors (Lipinski definition) is 5. The first-order valence-corrected chi connectivity index (χ1v) is 11.6. The SMILES string of the molecule is CC(C)(O)C(=O)c1oc2nc(-c3ccccc3Cl)c(-c3ccc(Cl)cc3)cc2c1NS(=O)O. The molecule has 33 heavy (non-hydrogen) atoms. The summed E-state index contributed by atoms with van der Waals surface area (Å²) in [5, 5.41) is 11.5. The number of carbonyl (C=O) groups excluding carboxylic acids is 1. The van der Waals surface area contributed by atoms with Crippen molar-refractivity contribution in [2.24, 2.45) is 0 Å². The first-order valence-electron chi connectivity index (χ1n) is 9.69. The monoisotopic (exact) mass is 504 g/mol. The average molecular weight is 505 g/mol. The second-order valence-electron chi connectivity index (χ2n) is 7.77. The van der Waals surface area contributed by atoms with Crippen molar-refractivity contribution >= 4 is 57.0 Å². The number of carbonyl (C=O) groups is 1. The van der Waals surface area contributed by atoms with Crippen LogP contribution in [0.15, 0.2) is 59.0 Å². The van der Waals surface area contributed by atoms with Crippen LogP contribution in [0.25, 0.3) is 33.5 Å². The molecular weight excluding hydrogens is 487 g/mol. The number of pyridine rings is 1. The highest BCUT2D eigenvalue weighted by Crippen LogP contribution is 2.41. The maximum absolute atomic E-state index is 12.8. The standard InChI is InChI=1S/C23H18Cl2N2O5S/c1-23(2,29)21(28)20-19(27-33(30)31)16-11-15(12-7-9-13(24)10-8-12)18(26-22(16)32-20)14-5-3-4-6-17(14)25/h3-11,27,29H,1-2H3,(H,30,31). The number of hydrogen-bond donors (Lipinski definition) is 3. The van der Waals surface area contributed by atoms with Gasteiger partial charge in [0.2, 0.25) is 11.5 Å². The van der Waals surface area contributed by atoms with E-state index in [-0.39, 0.29) is 22.5 Å². The molecule has 1 unspecified atom stereocenters. The summed E-state index contributed by atoms with van der Waals surface area (Å²) in [6.07, 6.45) is 0. The molecule has 4 aromatic rings. The second kappa shape index (κ2) is 8.89. The molecule has 1 atom stereocenters. The number of aromatic nitrogens is 1. The minimum absolute atomic E-state index is 0.0307. The molecule has 0 fully saturated rings. The minimum atomic E-state index is -2.51. The van der Waals surface area contributed by atoms with Crippen LogP contribution in [0, 0.1) is 0 Å². The molecular formula is C23H18Cl2N2O5S. The van der Waals surface area contributed by atoms with Gasteiger partial charge >= 0.3 is 0 Å². The van der Waals surface area contributed by atoms with Crippen LogP contribution >= 0.6 is 23.2 Å². The van der Waals surface area contributed by atoms with Gasteiger partial charge in [0.1, 0.15) is 11.3 Å². The molecule has 3 N–H and O–H groups in total. The maximum atomic E-state index is 12.8. The van der Waals surface area contributed by atoms with Gasteiger partial charge in [-0.15, -0.1) is 0 Å². The van der Waals surface area contributed by atoms with Crippen molar-refractivity contribution in [3.63, 3.8) is 0 Å². The topological polar surface area (TPSA) is 113 Å². The Kier molecular flexibility index (Phi) is 6.30. The summed E-state index contributed by atoms with van der Waals surface area (Å²) in [6, 6.07) is 15.8. The van der Waals surface area contributed by atoms with E-state index in [1.807, 2.05) is 6.07 Å². The molecule has 0 aliphatic carbocycles. The summed E-state index contributed by atoms with van der Waals surface area (Å²) >= 11 is 9.99. The third-order valence-corrected chi connectivity index (χ3v) is 5.88. The fraction of sp³-hybridized carbons (Fsp3) is 0.130. The molecule has 10 heteroatoms. The second-order valence-corrected chi connectivity index (χ2v) is 9.32. The Hall–Kier alpha value is -2.75. The van der Waals surface area contributed by atoms with Crippen molar-refractivity contribution in [1.29, 1.82) is 0 Å². The molecule has 0 aliphatic heterocycles. The Morgan fingerprint density at radius 3 is 2.36 bits per heavy atom. The van der Waals surface area contributed by atoms with Crippen molar-refractivity contribution < 1.29 is 23.1 Å². The molecule has 4 rings (SSSR count). The number of rotatable bonds is 6. The van der Waals surface area contributed by atoms with E-state index in [9.17, 15) is 18.7 Å². The van der Waals surface area contributed by atoms with Gasteiger partial charge in [0.25, 0.3) is 11.3 Å². The normalized spacial score (nSPS) is 12.7. The average Bonchev–Trinajstić information content (AvgIpc) is 3.09. The summed E-state index contributed by atoms with van der Waals surface area (Å²) in [4.78, 5) is 17.4. The van der Waals surface area contributed by atoms with Gasteiger partial charge < -0.3 is 9.52 Å². The zero-order valence-electron chi connectivity index (χ0n) is 17.4. The Labute approximate surface area is 201 Å². The number of halogens is 2. The van der Waals surface area contributed by atoms with Gasteiger partial charge in [-0.3, -0.25) is 14.1 Å². The van der Waals surface area contributed by atoms with E-state index >= 15 is 0 Å². The number of nitrogens with one attached hydrogen (secondary N) is 1. The van der Waals surface area contributed by atoms with Crippen LogP contribution in [-0.2, 0) is 11.3 Å². The first-order chi connectivity index (χ1) is 15.6. The highest BCUT2D eigenvalue weighted by atomic mass is 35.5. The van der Waals surface area contributed by atoms with Crippen molar-refractivity contribution in [2.45, 2.75) is 19.4 Å². The lowest BCUT2D eigenvalue weighted by atomic mass is 9.97. The molecule has 0 amide bonds. The molecule has 170 valence electrons. The van der Waals surface area contributed by atoms with Crippen molar-refractivity contribution in [2.75, 3.05) is 4.72 Å².